The first kappa shape index (κ1) is 22.7. The Morgan fingerprint density at radius 2 is 1.33 bits per heavy atom. The summed E-state index contributed by atoms with van der Waals surface area (Å²) in [6, 6.07) is 13.2. The van der Waals surface area contributed by atoms with Crippen LogP contribution in [0, 0.1) is 0 Å². The van der Waals surface area contributed by atoms with Gasteiger partial charge in [-0.3, -0.25) is 20.4 Å². The maximum absolute atomic E-state index is 12.2. The van der Waals surface area contributed by atoms with E-state index in [9.17, 15) is 14.4 Å². The number of nitrogens with one attached hydrogen (secondary N) is 3. The Balaban J connectivity index is 1.82. The van der Waals surface area contributed by atoms with Gasteiger partial charge in [0.05, 0.1) is 6.61 Å². The second-order valence-corrected chi connectivity index (χ2v) is 7.42. The molecule has 0 aliphatic carbocycles. The average molecular weight is 413 g/mol. The molecule has 0 heterocycles. The average Bonchev–Trinajstić information content (AvgIpc) is 2.70. The molecular formula is C22H27N3O5. The number of carbonyl (C=O) groups is 3. The summed E-state index contributed by atoms with van der Waals surface area (Å²) in [4.78, 5) is 36.0. The van der Waals surface area contributed by atoms with Crippen molar-refractivity contribution < 1.29 is 23.9 Å². The van der Waals surface area contributed by atoms with Crippen LogP contribution in [-0.4, -0.2) is 30.1 Å². The molecule has 0 spiro atoms. The monoisotopic (exact) mass is 413 g/mol. The number of amides is 3. The van der Waals surface area contributed by atoms with Crippen molar-refractivity contribution in [1.29, 1.82) is 0 Å². The van der Waals surface area contributed by atoms with Gasteiger partial charge in [0, 0.05) is 17.7 Å². The fraction of sp³-hybridized carbons (Fsp3) is 0.318. The number of benzene rings is 2. The molecule has 8 nitrogen and oxygen atoms in total. The summed E-state index contributed by atoms with van der Waals surface area (Å²) in [5, 5.41) is 2.65. The number of ether oxygens (including phenoxy) is 2. The normalized spacial score (nSPS) is 10.7. The lowest BCUT2D eigenvalue weighted by molar-refractivity contribution is 0.0523. The molecular weight excluding hydrogens is 386 g/mol. The predicted octanol–water partition coefficient (Wildman–Crippen LogP) is 3.18. The van der Waals surface area contributed by atoms with Gasteiger partial charge < -0.3 is 14.8 Å². The summed E-state index contributed by atoms with van der Waals surface area (Å²) in [6.07, 6.45) is -0.513. The lowest BCUT2D eigenvalue weighted by Crippen LogP contribution is -2.41. The van der Waals surface area contributed by atoms with Gasteiger partial charge in [0.15, 0.2) is 0 Å². The minimum absolute atomic E-state index is 0.269. The number of hydrogen-bond acceptors (Lipinski definition) is 5. The molecule has 2 rings (SSSR count). The van der Waals surface area contributed by atoms with E-state index in [0.717, 1.165) is 5.56 Å². The van der Waals surface area contributed by atoms with Gasteiger partial charge in [-0.1, -0.05) is 12.1 Å². The minimum atomic E-state index is -0.568. The van der Waals surface area contributed by atoms with Crippen LogP contribution >= 0.6 is 0 Å². The summed E-state index contributed by atoms with van der Waals surface area (Å²) in [7, 11) is 0. The van der Waals surface area contributed by atoms with Gasteiger partial charge in [0.1, 0.15) is 11.4 Å². The Morgan fingerprint density at radius 1 is 0.833 bits per heavy atom. The van der Waals surface area contributed by atoms with Gasteiger partial charge in [-0.25, -0.2) is 4.79 Å². The highest BCUT2D eigenvalue weighted by Crippen LogP contribution is 2.12. The Kier molecular flexibility index (Phi) is 7.80. The van der Waals surface area contributed by atoms with E-state index < -0.39 is 23.5 Å². The Labute approximate surface area is 175 Å². The lowest BCUT2D eigenvalue weighted by atomic mass is 10.1. The van der Waals surface area contributed by atoms with Crippen molar-refractivity contribution in [1.82, 2.24) is 16.2 Å². The van der Waals surface area contributed by atoms with Crippen LogP contribution in [0.4, 0.5) is 4.79 Å². The van der Waals surface area contributed by atoms with E-state index in [1.165, 1.54) is 0 Å². The van der Waals surface area contributed by atoms with Crippen molar-refractivity contribution >= 4 is 17.9 Å². The van der Waals surface area contributed by atoms with Crippen LogP contribution in [0.15, 0.2) is 48.5 Å². The predicted molar refractivity (Wildman–Crippen MR) is 112 cm³/mol. The smallest absolute Gasteiger partial charge is 0.407 e. The molecule has 3 amide bonds. The molecule has 0 aromatic heterocycles. The van der Waals surface area contributed by atoms with Crippen molar-refractivity contribution in [3.63, 3.8) is 0 Å². The third kappa shape index (κ3) is 7.46. The van der Waals surface area contributed by atoms with Crippen LogP contribution in [0.5, 0.6) is 5.75 Å². The molecule has 0 fully saturated rings. The van der Waals surface area contributed by atoms with Crippen LogP contribution < -0.4 is 20.9 Å². The number of hydrazine groups is 1. The summed E-state index contributed by atoms with van der Waals surface area (Å²) >= 11 is 0. The first-order chi connectivity index (χ1) is 14.2. The number of carbonyl (C=O) groups excluding carboxylic acids is 3. The van der Waals surface area contributed by atoms with Gasteiger partial charge in [0.25, 0.3) is 11.8 Å². The van der Waals surface area contributed by atoms with Crippen LogP contribution in [0.25, 0.3) is 0 Å². The Bertz CT molecular complexity index is 871. The molecule has 0 aliphatic heterocycles. The summed E-state index contributed by atoms with van der Waals surface area (Å²) < 4.78 is 10.5. The van der Waals surface area contributed by atoms with Crippen LogP contribution in [0.3, 0.4) is 0 Å². The third-order valence-electron chi connectivity index (χ3n) is 3.77. The summed E-state index contributed by atoms with van der Waals surface area (Å²) in [6.45, 7) is 8.04. The summed E-state index contributed by atoms with van der Waals surface area (Å²) in [5.41, 5.74) is 5.73. The molecule has 0 atom stereocenters. The fourth-order valence-electron chi connectivity index (χ4n) is 2.39. The van der Waals surface area contributed by atoms with E-state index in [1.54, 1.807) is 69.3 Å². The molecule has 0 aliphatic rings. The van der Waals surface area contributed by atoms with Gasteiger partial charge >= 0.3 is 6.09 Å². The summed E-state index contributed by atoms with van der Waals surface area (Å²) in [5.74, 6) is -0.232. The molecule has 0 saturated heterocycles. The Hall–Kier alpha value is -3.55. The van der Waals surface area contributed by atoms with Gasteiger partial charge in [-0.05, 0) is 69.7 Å². The minimum Gasteiger partial charge on any atom is -0.494 e. The first-order valence-corrected chi connectivity index (χ1v) is 9.57. The highest BCUT2D eigenvalue weighted by atomic mass is 16.6. The Morgan fingerprint density at radius 3 is 1.80 bits per heavy atom. The standard InChI is InChI=1S/C22H27N3O5/c1-5-29-18-12-10-17(11-13-18)20(27)25-24-19(26)16-8-6-15(7-9-16)14-23-21(28)30-22(2,3)4/h6-13H,5,14H2,1-4H3,(H,23,28)(H,24,26)(H,25,27). The molecule has 8 heteroatoms. The molecule has 0 bridgehead atoms. The molecule has 30 heavy (non-hydrogen) atoms. The topological polar surface area (TPSA) is 106 Å². The third-order valence-corrected chi connectivity index (χ3v) is 3.77. The van der Waals surface area contributed by atoms with Gasteiger partial charge in [0.2, 0.25) is 0 Å². The highest BCUT2D eigenvalue weighted by Gasteiger charge is 2.15. The quantitative estimate of drug-likeness (QED) is 0.631. The fourth-order valence-corrected chi connectivity index (χ4v) is 2.39. The molecule has 2 aromatic rings. The number of rotatable bonds is 6. The second kappa shape index (κ2) is 10.3. The second-order valence-electron chi connectivity index (χ2n) is 7.42. The van der Waals surface area contributed by atoms with E-state index in [2.05, 4.69) is 16.2 Å². The zero-order valence-electron chi connectivity index (χ0n) is 17.6. The molecule has 0 unspecified atom stereocenters. The van der Waals surface area contributed by atoms with Gasteiger partial charge in [-0.2, -0.15) is 0 Å². The lowest BCUT2D eigenvalue weighted by Gasteiger charge is -2.19. The van der Waals surface area contributed by atoms with E-state index in [1.807, 2.05) is 6.92 Å². The largest absolute Gasteiger partial charge is 0.494 e. The van der Waals surface area contributed by atoms with Crippen LogP contribution in [-0.2, 0) is 11.3 Å². The maximum atomic E-state index is 12.2. The van der Waals surface area contributed by atoms with Crippen molar-refractivity contribution in [3.8, 4) is 5.75 Å². The van der Waals surface area contributed by atoms with E-state index in [4.69, 9.17) is 9.47 Å². The van der Waals surface area contributed by atoms with Crippen LogP contribution in [0.2, 0.25) is 0 Å². The van der Waals surface area contributed by atoms with Crippen molar-refractivity contribution in [3.05, 3.63) is 65.2 Å². The van der Waals surface area contributed by atoms with E-state index >= 15 is 0 Å². The zero-order chi connectivity index (χ0) is 22.1. The molecule has 2 aromatic carbocycles. The van der Waals surface area contributed by atoms with Crippen molar-refractivity contribution in [2.45, 2.75) is 39.8 Å². The molecule has 0 saturated carbocycles. The number of hydrogen-bond donors (Lipinski definition) is 3. The van der Waals surface area contributed by atoms with Gasteiger partial charge in [-0.15, -0.1) is 0 Å². The van der Waals surface area contributed by atoms with Crippen LogP contribution in [0.1, 0.15) is 54.0 Å². The SMILES string of the molecule is CCOc1ccc(C(=O)NNC(=O)c2ccc(CNC(=O)OC(C)(C)C)cc2)cc1. The van der Waals surface area contributed by atoms with Crippen molar-refractivity contribution in [2.24, 2.45) is 0 Å². The molecule has 160 valence electrons. The first-order valence-electron chi connectivity index (χ1n) is 9.57. The van der Waals surface area contributed by atoms with Crippen molar-refractivity contribution in [2.75, 3.05) is 6.61 Å². The maximum Gasteiger partial charge on any atom is 0.407 e. The van der Waals surface area contributed by atoms with E-state index in [0.29, 0.717) is 23.5 Å². The molecule has 3 N–H and O–H groups in total. The zero-order valence-corrected chi connectivity index (χ0v) is 17.6. The molecule has 0 radical (unpaired) electrons. The highest BCUT2D eigenvalue weighted by molar-refractivity contribution is 5.99. The van der Waals surface area contributed by atoms with E-state index in [-0.39, 0.29) is 6.54 Å². The number of alkyl carbamates (subject to hydrolysis) is 1.